The molecule has 4 aromatic rings. The topological polar surface area (TPSA) is 72.8 Å². The van der Waals surface area contributed by atoms with Crippen LogP contribution < -0.4 is 0 Å². The van der Waals surface area contributed by atoms with Gasteiger partial charge < -0.3 is 14.6 Å². The summed E-state index contributed by atoms with van der Waals surface area (Å²) in [6.45, 7) is 0. The van der Waals surface area contributed by atoms with Gasteiger partial charge in [-0.3, -0.25) is 4.79 Å². The van der Waals surface area contributed by atoms with Gasteiger partial charge in [-0.1, -0.05) is 121 Å². The minimum Gasteiger partial charge on any atom is -0.451 e. The summed E-state index contributed by atoms with van der Waals surface area (Å²) in [6, 6.07) is 38.3. The van der Waals surface area contributed by atoms with E-state index in [9.17, 15) is 14.7 Å². The Balaban J connectivity index is 1.62. The number of carbonyl (C=O) groups is 2. The van der Waals surface area contributed by atoms with Crippen molar-refractivity contribution >= 4 is 11.9 Å². The van der Waals surface area contributed by atoms with Crippen LogP contribution in [0.2, 0.25) is 0 Å². The van der Waals surface area contributed by atoms with Crippen LogP contribution in [-0.4, -0.2) is 33.8 Å². The molecule has 5 nitrogen and oxygen atoms in total. The van der Waals surface area contributed by atoms with Crippen molar-refractivity contribution in [3.63, 3.8) is 0 Å². The number of hydrogen-bond acceptors (Lipinski definition) is 5. The van der Waals surface area contributed by atoms with E-state index in [1.807, 2.05) is 121 Å². The molecule has 2 aliphatic heterocycles. The van der Waals surface area contributed by atoms with Gasteiger partial charge in [0.1, 0.15) is 0 Å². The SMILES string of the molecule is O=C1CC(c2ccccc2)C2(Cc3ccccc3)OC(=O)C(O)(Cc3ccccc3)C2(Cc2ccccc2)O1. The molecule has 4 unspecified atom stereocenters. The maximum atomic E-state index is 14.1. The third kappa shape index (κ3) is 4.14. The fourth-order valence-corrected chi connectivity index (χ4v) is 6.53. The fourth-order valence-electron chi connectivity index (χ4n) is 6.53. The molecule has 6 rings (SSSR count). The maximum absolute atomic E-state index is 14.1. The Morgan fingerprint density at radius 3 is 1.62 bits per heavy atom. The average Bonchev–Trinajstić information content (AvgIpc) is 3.13. The average molecular weight is 519 g/mol. The lowest BCUT2D eigenvalue weighted by molar-refractivity contribution is -0.232. The largest absolute Gasteiger partial charge is 0.451 e. The molecule has 4 aromatic carbocycles. The molecule has 0 amide bonds. The number of esters is 2. The summed E-state index contributed by atoms with van der Waals surface area (Å²) in [7, 11) is 0. The Morgan fingerprint density at radius 2 is 1.08 bits per heavy atom. The number of rotatable bonds is 7. The van der Waals surface area contributed by atoms with E-state index in [-0.39, 0.29) is 25.7 Å². The first-order chi connectivity index (χ1) is 19.0. The Morgan fingerprint density at radius 1 is 0.615 bits per heavy atom. The Kier molecular flexibility index (Phi) is 6.32. The number of carbonyl (C=O) groups excluding carboxylic acids is 2. The van der Waals surface area contributed by atoms with Gasteiger partial charge in [-0.05, 0) is 22.3 Å². The molecule has 39 heavy (non-hydrogen) atoms. The monoisotopic (exact) mass is 518 g/mol. The summed E-state index contributed by atoms with van der Waals surface area (Å²) in [5, 5.41) is 12.6. The predicted octanol–water partition coefficient (Wildman–Crippen LogP) is 5.21. The molecule has 2 fully saturated rings. The lowest BCUT2D eigenvalue weighted by atomic mass is 9.58. The highest BCUT2D eigenvalue weighted by Crippen LogP contribution is 2.60. The van der Waals surface area contributed by atoms with Crippen molar-refractivity contribution in [2.75, 3.05) is 0 Å². The molecule has 0 aliphatic carbocycles. The van der Waals surface area contributed by atoms with Crippen LogP contribution in [0, 0.1) is 0 Å². The molecule has 0 aromatic heterocycles. The van der Waals surface area contributed by atoms with E-state index in [1.54, 1.807) is 0 Å². The first kappa shape index (κ1) is 25.1. The second kappa shape index (κ2) is 9.83. The Hall–Kier alpha value is -4.22. The van der Waals surface area contributed by atoms with E-state index < -0.39 is 34.7 Å². The van der Waals surface area contributed by atoms with Crippen molar-refractivity contribution in [2.24, 2.45) is 0 Å². The summed E-state index contributed by atoms with van der Waals surface area (Å²) in [4.78, 5) is 27.6. The maximum Gasteiger partial charge on any atom is 0.343 e. The molecular formula is C34H30O5. The van der Waals surface area contributed by atoms with Crippen LogP contribution in [0.25, 0.3) is 0 Å². The normalized spacial score (nSPS) is 27.9. The van der Waals surface area contributed by atoms with Crippen molar-refractivity contribution in [3.05, 3.63) is 144 Å². The standard InChI is InChI=1S/C34H30O5/c35-30-21-29(28-19-11-4-12-20-28)33(23-26-15-7-2-8-16-26)34(38-30,24-27-17-9-3-10-18-27)32(37,31(36)39-33)22-25-13-5-1-6-14-25/h1-20,29,37H,21-24H2. The number of benzene rings is 4. The van der Waals surface area contributed by atoms with Crippen molar-refractivity contribution in [1.82, 2.24) is 0 Å². The molecule has 0 saturated carbocycles. The molecule has 2 heterocycles. The van der Waals surface area contributed by atoms with Crippen molar-refractivity contribution in [2.45, 2.75) is 48.4 Å². The highest BCUT2D eigenvalue weighted by atomic mass is 16.6. The van der Waals surface area contributed by atoms with Gasteiger partial charge in [-0.25, -0.2) is 4.79 Å². The van der Waals surface area contributed by atoms with E-state index in [0.717, 1.165) is 22.3 Å². The highest BCUT2D eigenvalue weighted by molar-refractivity contribution is 5.89. The van der Waals surface area contributed by atoms with Crippen LogP contribution in [0.15, 0.2) is 121 Å². The third-order valence-corrected chi connectivity index (χ3v) is 8.30. The second-order valence-electron chi connectivity index (χ2n) is 10.6. The molecule has 196 valence electrons. The van der Waals surface area contributed by atoms with Crippen LogP contribution in [0.4, 0.5) is 0 Å². The predicted molar refractivity (Wildman–Crippen MR) is 147 cm³/mol. The summed E-state index contributed by atoms with van der Waals surface area (Å²) >= 11 is 0. The third-order valence-electron chi connectivity index (χ3n) is 8.30. The zero-order chi connectivity index (χ0) is 26.9. The Bertz CT molecular complexity index is 1460. The van der Waals surface area contributed by atoms with E-state index >= 15 is 0 Å². The number of ether oxygens (including phenoxy) is 2. The van der Waals surface area contributed by atoms with Gasteiger partial charge in [-0.2, -0.15) is 0 Å². The number of aliphatic hydroxyl groups is 1. The minimum absolute atomic E-state index is 0.0298. The molecule has 0 spiro atoms. The lowest BCUT2D eigenvalue weighted by Crippen LogP contribution is -2.72. The van der Waals surface area contributed by atoms with Crippen molar-refractivity contribution in [3.8, 4) is 0 Å². The van der Waals surface area contributed by atoms with E-state index in [1.165, 1.54) is 0 Å². The zero-order valence-electron chi connectivity index (χ0n) is 21.5. The first-order valence-corrected chi connectivity index (χ1v) is 13.3. The zero-order valence-corrected chi connectivity index (χ0v) is 21.5. The fraction of sp³-hybridized carbons (Fsp3) is 0.235. The molecule has 4 atom stereocenters. The molecule has 2 aliphatic rings. The molecule has 1 N–H and O–H groups in total. The van der Waals surface area contributed by atoms with Gasteiger partial charge in [0.15, 0.2) is 11.2 Å². The van der Waals surface area contributed by atoms with Crippen molar-refractivity contribution < 1.29 is 24.2 Å². The van der Waals surface area contributed by atoms with Crippen LogP contribution in [0.5, 0.6) is 0 Å². The highest BCUT2D eigenvalue weighted by Gasteiger charge is 2.80. The van der Waals surface area contributed by atoms with Crippen LogP contribution in [0.3, 0.4) is 0 Å². The lowest BCUT2D eigenvalue weighted by Gasteiger charge is -2.53. The quantitative estimate of drug-likeness (QED) is 0.340. The number of hydrogen-bond donors (Lipinski definition) is 1. The van der Waals surface area contributed by atoms with Gasteiger partial charge in [0, 0.05) is 25.2 Å². The molecular weight excluding hydrogens is 488 g/mol. The van der Waals surface area contributed by atoms with E-state index in [2.05, 4.69) is 0 Å². The van der Waals surface area contributed by atoms with Gasteiger partial charge >= 0.3 is 11.9 Å². The minimum atomic E-state index is -2.12. The van der Waals surface area contributed by atoms with Crippen LogP contribution >= 0.6 is 0 Å². The first-order valence-electron chi connectivity index (χ1n) is 13.3. The molecule has 0 radical (unpaired) electrons. The summed E-state index contributed by atoms with van der Waals surface area (Å²) in [6.07, 6.45) is 0.369. The van der Waals surface area contributed by atoms with Crippen LogP contribution in [-0.2, 0) is 38.3 Å². The van der Waals surface area contributed by atoms with Gasteiger partial charge in [0.05, 0.1) is 6.42 Å². The smallest absolute Gasteiger partial charge is 0.343 e. The van der Waals surface area contributed by atoms with E-state index in [4.69, 9.17) is 9.47 Å². The molecule has 0 bridgehead atoms. The van der Waals surface area contributed by atoms with Crippen molar-refractivity contribution in [1.29, 1.82) is 0 Å². The summed E-state index contributed by atoms with van der Waals surface area (Å²) < 4.78 is 12.8. The second-order valence-corrected chi connectivity index (χ2v) is 10.6. The Labute approximate surface area is 228 Å². The van der Waals surface area contributed by atoms with Gasteiger partial charge in [0.2, 0.25) is 5.60 Å². The van der Waals surface area contributed by atoms with Gasteiger partial charge in [0.25, 0.3) is 0 Å². The molecule has 5 heteroatoms. The van der Waals surface area contributed by atoms with Gasteiger partial charge in [-0.15, -0.1) is 0 Å². The number of fused-ring (bicyclic) bond motifs is 1. The summed E-state index contributed by atoms with van der Waals surface area (Å²) in [5.74, 6) is -1.76. The summed E-state index contributed by atoms with van der Waals surface area (Å²) in [5.41, 5.74) is -1.81. The molecule has 2 saturated heterocycles. The van der Waals surface area contributed by atoms with Crippen LogP contribution in [0.1, 0.15) is 34.6 Å². The van der Waals surface area contributed by atoms with E-state index in [0.29, 0.717) is 0 Å².